The van der Waals surface area contributed by atoms with Gasteiger partial charge in [-0.2, -0.15) is 0 Å². The summed E-state index contributed by atoms with van der Waals surface area (Å²) in [5.41, 5.74) is 8.92. The average Bonchev–Trinajstić information content (AvgIpc) is 2.60. The number of nitrogen functional groups attached to an aromatic ring is 1. The zero-order valence-corrected chi connectivity index (χ0v) is 14.3. The molecule has 0 aromatic heterocycles. The summed E-state index contributed by atoms with van der Waals surface area (Å²) < 4.78 is 0. The predicted molar refractivity (Wildman–Crippen MR) is 100 cm³/mol. The summed E-state index contributed by atoms with van der Waals surface area (Å²) in [6.07, 6.45) is 6.01. The normalized spacial score (nSPS) is 16.3. The molecule has 1 aliphatic heterocycles. The van der Waals surface area contributed by atoms with Crippen molar-refractivity contribution < 1.29 is 5.11 Å². The fraction of sp³-hybridized carbons (Fsp3) is 0.429. The van der Waals surface area contributed by atoms with Gasteiger partial charge in [0, 0.05) is 0 Å². The van der Waals surface area contributed by atoms with E-state index in [-0.39, 0.29) is 5.75 Å². The molecule has 3 N–H and O–H groups in total. The summed E-state index contributed by atoms with van der Waals surface area (Å²) in [5, 5.41) is 9.47. The van der Waals surface area contributed by atoms with Crippen LogP contribution in [0.15, 0.2) is 48.5 Å². The van der Waals surface area contributed by atoms with E-state index in [0.717, 1.165) is 25.3 Å². The first-order chi connectivity index (χ1) is 11.7. The first-order valence-corrected chi connectivity index (χ1v) is 9.04. The molecule has 0 saturated carbocycles. The summed E-state index contributed by atoms with van der Waals surface area (Å²) in [7, 11) is 0. The third kappa shape index (κ3) is 4.75. The molecular weight excluding hydrogens is 296 g/mol. The highest BCUT2D eigenvalue weighted by Crippen LogP contribution is 2.23. The molecule has 24 heavy (non-hydrogen) atoms. The smallest absolute Gasteiger partial charge is 0.138 e. The number of piperidine rings is 1. The Morgan fingerprint density at radius 1 is 1.00 bits per heavy atom. The van der Waals surface area contributed by atoms with E-state index in [4.69, 9.17) is 5.73 Å². The standard InChI is InChI=1S/C21H28N2O/c22-20-16-18(8-9-21(20)24)7-4-12-23-13-10-19(11-14-23)15-17-5-2-1-3-6-17/h1-3,5-6,8-9,16,19,24H,4,7,10-15,22H2. The largest absolute Gasteiger partial charge is 0.506 e. The Bertz CT molecular complexity index is 634. The van der Waals surface area contributed by atoms with Gasteiger partial charge in [0.1, 0.15) is 5.75 Å². The molecule has 0 atom stereocenters. The van der Waals surface area contributed by atoms with Gasteiger partial charge in [-0.3, -0.25) is 0 Å². The molecule has 128 valence electrons. The zero-order valence-electron chi connectivity index (χ0n) is 14.3. The van der Waals surface area contributed by atoms with Crippen LogP contribution in [0, 0.1) is 5.92 Å². The molecule has 1 aliphatic rings. The molecule has 0 radical (unpaired) electrons. The lowest BCUT2D eigenvalue weighted by atomic mass is 9.90. The highest BCUT2D eigenvalue weighted by molar-refractivity contribution is 5.53. The maximum absolute atomic E-state index is 9.47. The van der Waals surface area contributed by atoms with Gasteiger partial charge >= 0.3 is 0 Å². The number of likely N-dealkylation sites (tertiary alicyclic amines) is 1. The number of rotatable bonds is 6. The van der Waals surface area contributed by atoms with E-state index in [2.05, 4.69) is 35.2 Å². The Morgan fingerprint density at radius 3 is 2.46 bits per heavy atom. The second-order valence-corrected chi connectivity index (χ2v) is 6.97. The van der Waals surface area contributed by atoms with Gasteiger partial charge in [0.2, 0.25) is 0 Å². The summed E-state index contributed by atoms with van der Waals surface area (Å²) in [5.74, 6) is 1.01. The van der Waals surface area contributed by atoms with Crippen LogP contribution in [0.2, 0.25) is 0 Å². The number of nitrogens with zero attached hydrogens (tertiary/aromatic N) is 1. The molecule has 0 amide bonds. The summed E-state index contributed by atoms with van der Waals surface area (Å²) in [6.45, 7) is 3.59. The summed E-state index contributed by atoms with van der Waals surface area (Å²) in [6, 6.07) is 16.4. The van der Waals surface area contributed by atoms with Crippen LogP contribution in [0.1, 0.15) is 30.4 Å². The number of hydrogen-bond donors (Lipinski definition) is 2. The Kier molecular flexibility index (Phi) is 5.76. The third-order valence-electron chi connectivity index (χ3n) is 5.11. The Morgan fingerprint density at radius 2 is 1.75 bits per heavy atom. The van der Waals surface area contributed by atoms with E-state index in [1.807, 2.05) is 12.1 Å². The van der Waals surface area contributed by atoms with Crippen molar-refractivity contribution in [3.8, 4) is 5.75 Å². The van der Waals surface area contributed by atoms with Crippen molar-refractivity contribution >= 4 is 5.69 Å². The van der Waals surface area contributed by atoms with Crippen LogP contribution < -0.4 is 5.73 Å². The van der Waals surface area contributed by atoms with Crippen molar-refractivity contribution in [1.82, 2.24) is 4.90 Å². The molecule has 2 aromatic rings. The topological polar surface area (TPSA) is 49.5 Å². The fourth-order valence-electron chi connectivity index (χ4n) is 3.63. The molecule has 0 spiro atoms. The Balaban J connectivity index is 1.37. The van der Waals surface area contributed by atoms with E-state index in [9.17, 15) is 5.11 Å². The highest BCUT2D eigenvalue weighted by atomic mass is 16.3. The minimum atomic E-state index is 0.180. The maximum Gasteiger partial charge on any atom is 0.138 e. The Hall–Kier alpha value is -2.00. The molecule has 0 aliphatic carbocycles. The van der Waals surface area contributed by atoms with Gasteiger partial charge in [-0.25, -0.2) is 0 Å². The zero-order chi connectivity index (χ0) is 16.8. The van der Waals surface area contributed by atoms with Crippen molar-refractivity contribution in [3.63, 3.8) is 0 Å². The summed E-state index contributed by atoms with van der Waals surface area (Å²) >= 11 is 0. The van der Waals surface area contributed by atoms with Crippen molar-refractivity contribution in [2.45, 2.75) is 32.1 Å². The van der Waals surface area contributed by atoms with E-state index in [1.165, 1.54) is 43.5 Å². The monoisotopic (exact) mass is 324 g/mol. The van der Waals surface area contributed by atoms with Gasteiger partial charge < -0.3 is 15.7 Å². The quantitative estimate of drug-likeness (QED) is 0.626. The summed E-state index contributed by atoms with van der Waals surface area (Å²) in [4.78, 5) is 2.59. The second kappa shape index (κ2) is 8.20. The van der Waals surface area contributed by atoms with Crippen molar-refractivity contribution in [2.75, 3.05) is 25.4 Å². The Labute approximate surface area is 145 Å². The average molecular weight is 324 g/mol. The van der Waals surface area contributed by atoms with Crippen molar-refractivity contribution in [1.29, 1.82) is 0 Å². The van der Waals surface area contributed by atoms with Gasteiger partial charge in [0.05, 0.1) is 5.69 Å². The third-order valence-corrected chi connectivity index (χ3v) is 5.11. The molecular formula is C21H28N2O. The number of anilines is 1. The van der Waals surface area contributed by atoms with Gasteiger partial charge in [0.15, 0.2) is 0 Å². The second-order valence-electron chi connectivity index (χ2n) is 6.97. The molecule has 3 rings (SSSR count). The van der Waals surface area contributed by atoms with Crippen LogP contribution in [0.3, 0.4) is 0 Å². The molecule has 1 fully saturated rings. The van der Waals surface area contributed by atoms with E-state index in [1.54, 1.807) is 6.07 Å². The minimum absolute atomic E-state index is 0.180. The van der Waals surface area contributed by atoms with Crippen LogP contribution in [0.5, 0.6) is 5.75 Å². The number of aryl methyl sites for hydroxylation is 1. The number of phenols is 1. The SMILES string of the molecule is Nc1cc(CCCN2CCC(Cc3ccccc3)CC2)ccc1O. The van der Waals surface area contributed by atoms with Crippen molar-refractivity contribution in [3.05, 3.63) is 59.7 Å². The van der Waals surface area contributed by atoms with Crippen LogP contribution in [-0.4, -0.2) is 29.6 Å². The lowest BCUT2D eigenvalue weighted by Crippen LogP contribution is -2.35. The fourth-order valence-corrected chi connectivity index (χ4v) is 3.63. The van der Waals surface area contributed by atoms with Crippen molar-refractivity contribution in [2.24, 2.45) is 5.92 Å². The maximum atomic E-state index is 9.47. The molecule has 3 nitrogen and oxygen atoms in total. The molecule has 1 saturated heterocycles. The highest BCUT2D eigenvalue weighted by Gasteiger charge is 2.19. The molecule has 0 bridgehead atoms. The lowest BCUT2D eigenvalue weighted by molar-refractivity contribution is 0.182. The lowest BCUT2D eigenvalue weighted by Gasteiger charge is -2.32. The van der Waals surface area contributed by atoms with Crippen LogP contribution in [-0.2, 0) is 12.8 Å². The van der Waals surface area contributed by atoms with Gasteiger partial charge in [-0.1, -0.05) is 36.4 Å². The van der Waals surface area contributed by atoms with Crippen LogP contribution in [0.4, 0.5) is 5.69 Å². The predicted octanol–water partition coefficient (Wildman–Crippen LogP) is 3.86. The van der Waals surface area contributed by atoms with E-state index in [0.29, 0.717) is 5.69 Å². The van der Waals surface area contributed by atoms with Crippen LogP contribution in [0.25, 0.3) is 0 Å². The number of aromatic hydroxyl groups is 1. The van der Waals surface area contributed by atoms with E-state index >= 15 is 0 Å². The van der Waals surface area contributed by atoms with Gasteiger partial charge in [0.25, 0.3) is 0 Å². The molecule has 0 unspecified atom stereocenters. The molecule has 1 heterocycles. The number of nitrogens with two attached hydrogens (primary N) is 1. The van der Waals surface area contributed by atoms with Gasteiger partial charge in [-0.15, -0.1) is 0 Å². The molecule has 2 aromatic carbocycles. The number of benzene rings is 2. The molecule has 3 heteroatoms. The van der Waals surface area contributed by atoms with E-state index < -0.39 is 0 Å². The first kappa shape index (κ1) is 16.8. The van der Waals surface area contributed by atoms with Crippen LogP contribution >= 0.6 is 0 Å². The number of phenolic OH excluding ortho intramolecular Hbond substituents is 1. The minimum Gasteiger partial charge on any atom is -0.506 e. The number of hydrogen-bond acceptors (Lipinski definition) is 3. The first-order valence-electron chi connectivity index (χ1n) is 9.04. The van der Waals surface area contributed by atoms with Gasteiger partial charge in [-0.05, 0) is 80.9 Å².